The highest BCUT2D eigenvalue weighted by Crippen LogP contribution is 2.22. The zero-order valence-electron chi connectivity index (χ0n) is 14.1. The summed E-state index contributed by atoms with van der Waals surface area (Å²) in [5.74, 6) is -0.159. The van der Waals surface area contributed by atoms with E-state index in [9.17, 15) is 4.79 Å². The molecule has 0 spiro atoms. The Labute approximate surface area is 144 Å². The highest BCUT2D eigenvalue weighted by molar-refractivity contribution is 5.93. The van der Waals surface area contributed by atoms with E-state index in [1.165, 1.54) is 10.3 Å². The summed E-state index contributed by atoms with van der Waals surface area (Å²) in [7, 11) is 0. The third-order valence-electron chi connectivity index (χ3n) is 3.80. The maximum Gasteiger partial charge on any atom is 0.292 e. The SMILES string of the molecule is CC(C)c1c(C(=O)NN/C=C2\CC=CCC2)nnn1-c1nonc1N. The molecule has 0 saturated heterocycles. The van der Waals surface area contributed by atoms with Crippen LogP contribution in [0, 0.1) is 0 Å². The zero-order valence-corrected chi connectivity index (χ0v) is 14.1. The van der Waals surface area contributed by atoms with Gasteiger partial charge in [0.25, 0.3) is 5.91 Å². The lowest BCUT2D eigenvalue weighted by atomic mass is 10.0. The van der Waals surface area contributed by atoms with Crippen LogP contribution in [-0.4, -0.2) is 31.2 Å². The third-order valence-corrected chi connectivity index (χ3v) is 3.80. The number of nitrogens with two attached hydrogens (primary N) is 1. The lowest BCUT2D eigenvalue weighted by Crippen LogP contribution is -2.35. The van der Waals surface area contributed by atoms with E-state index >= 15 is 0 Å². The predicted octanol–water partition coefficient (Wildman–Crippen LogP) is 1.21. The Morgan fingerprint density at radius 3 is 2.88 bits per heavy atom. The number of carbonyl (C=O) groups is 1. The van der Waals surface area contributed by atoms with E-state index in [-0.39, 0.29) is 23.2 Å². The van der Waals surface area contributed by atoms with Crippen LogP contribution in [0.25, 0.3) is 5.82 Å². The molecule has 132 valence electrons. The summed E-state index contributed by atoms with van der Waals surface area (Å²) in [5, 5.41) is 15.2. The summed E-state index contributed by atoms with van der Waals surface area (Å²) < 4.78 is 5.97. The Hall–Kier alpha value is -3.17. The zero-order chi connectivity index (χ0) is 17.8. The molecule has 10 heteroatoms. The minimum atomic E-state index is -0.395. The van der Waals surface area contributed by atoms with Crippen molar-refractivity contribution in [2.75, 3.05) is 5.73 Å². The van der Waals surface area contributed by atoms with Gasteiger partial charge in [-0.15, -0.1) is 5.10 Å². The van der Waals surface area contributed by atoms with Gasteiger partial charge in [0.2, 0.25) is 11.6 Å². The van der Waals surface area contributed by atoms with Crippen LogP contribution in [0.2, 0.25) is 0 Å². The summed E-state index contributed by atoms with van der Waals surface area (Å²) in [6.07, 6.45) is 8.94. The van der Waals surface area contributed by atoms with Gasteiger partial charge in [-0.3, -0.25) is 10.2 Å². The highest BCUT2D eigenvalue weighted by Gasteiger charge is 2.25. The molecule has 0 unspecified atom stereocenters. The molecular weight excluding hydrogens is 324 g/mol. The summed E-state index contributed by atoms with van der Waals surface area (Å²) in [5.41, 5.74) is 13.1. The Kier molecular flexibility index (Phi) is 4.78. The Bertz CT molecular complexity index is 817. The Morgan fingerprint density at radius 1 is 1.40 bits per heavy atom. The number of aromatic nitrogens is 5. The van der Waals surface area contributed by atoms with E-state index < -0.39 is 5.91 Å². The van der Waals surface area contributed by atoms with Crippen molar-refractivity contribution in [3.05, 3.63) is 35.3 Å². The number of nitrogens with one attached hydrogen (secondary N) is 2. The fraction of sp³-hybridized carbons (Fsp3) is 0.400. The van der Waals surface area contributed by atoms with Gasteiger partial charge in [-0.2, -0.15) is 4.68 Å². The van der Waals surface area contributed by atoms with Crippen LogP contribution in [0.5, 0.6) is 0 Å². The van der Waals surface area contributed by atoms with Crippen LogP contribution >= 0.6 is 0 Å². The molecule has 3 rings (SSSR count). The first-order valence-electron chi connectivity index (χ1n) is 8.00. The standard InChI is InChI=1S/C15H20N8O2/c1-9(2)12-11(18-22-23(12)14-13(16)20-25-21-14)15(24)19-17-8-10-6-4-3-5-7-10/h3-4,8-9,17H,5-7H2,1-2H3,(H2,16,20)(H,19,24)/b10-8+. The van der Waals surface area contributed by atoms with Crippen LogP contribution in [0.4, 0.5) is 5.82 Å². The van der Waals surface area contributed by atoms with E-state index in [2.05, 4.69) is 48.3 Å². The molecule has 0 saturated carbocycles. The first-order valence-corrected chi connectivity index (χ1v) is 8.00. The van der Waals surface area contributed by atoms with Gasteiger partial charge in [0.1, 0.15) is 0 Å². The second kappa shape index (κ2) is 7.16. The van der Waals surface area contributed by atoms with E-state index in [1.54, 1.807) is 6.20 Å². The molecular formula is C15H20N8O2. The van der Waals surface area contributed by atoms with Gasteiger partial charge in [-0.05, 0) is 41.1 Å². The van der Waals surface area contributed by atoms with Crippen molar-refractivity contribution in [3.63, 3.8) is 0 Å². The molecule has 1 amide bonds. The van der Waals surface area contributed by atoms with Crippen molar-refractivity contribution >= 4 is 11.7 Å². The molecule has 0 aromatic carbocycles. The van der Waals surface area contributed by atoms with Crippen molar-refractivity contribution in [1.82, 2.24) is 36.2 Å². The number of hydrogen-bond acceptors (Lipinski definition) is 8. The van der Waals surface area contributed by atoms with Gasteiger partial charge in [0, 0.05) is 6.20 Å². The second-order valence-electron chi connectivity index (χ2n) is 5.98. The maximum atomic E-state index is 12.5. The summed E-state index contributed by atoms with van der Waals surface area (Å²) >= 11 is 0. The number of hydrazine groups is 1. The molecule has 0 radical (unpaired) electrons. The molecule has 25 heavy (non-hydrogen) atoms. The van der Waals surface area contributed by atoms with Gasteiger partial charge in [-0.25, -0.2) is 4.63 Å². The largest absolute Gasteiger partial charge is 0.378 e. The number of anilines is 1. The predicted molar refractivity (Wildman–Crippen MR) is 89.4 cm³/mol. The molecule has 0 fully saturated rings. The van der Waals surface area contributed by atoms with Gasteiger partial charge in [0.15, 0.2) is 5.69 Å². The quantitative estimate of drug-likeness (QED) is 0.544. The summed E-state index contributed by atoms with van der Waals surface area (Å²) in [6.45, 7) is 3.83. The summed E-state index contributed by atoms with van der Waals surface area (Å²) in [4.78, 5) is 12.5. The van der Waals surface area contributed by atoms with E-state index in [1.807, 2.05) is 13.8 Å². The molecule has 0 bridgehead atoms. The first-order chi connectivity index (χ1) is 12.1. The van der Waals surface area contributed by atoms with Gasteiger partial charge < -0.3 is 11.2 Å². The molecule has 10 nitrogen and oxygen atoms in total. The molecule has 2 heterocycles. The monoisotopic (exact) mass is 344 g/mol. The van der Waals surface area contributed by atoms with E-state index in [0.29, 0.717) is 5.69 Å². The van der Waals surface area contributed by atoms with Crippen molar-refractivity contribution < 1.29 is 9.42 Å². The molecule has 4 N–H and O–H groups in total. The average molecular weight is 344 g/mol. The molecule has 1 aliphatic carbocycles. The molecule has 0 aliphatic heterocycles. The normalized spacial score (nSPS) is 15.7. The van der Waals surface area contributed by atoms with Crippen LogP contribution < -0.4 is 16.6 Å². The van der Waals surface area contributed by atoms with Crippen LogP contribution in [0.15, 0.2) is 28.6 Å². The van der Waals surface area contributed by atoms with E-state index in [4.69, 9.17) is 5.73 Å². The highest BCUT2D eigenvalue weighted by atomic mass is 16.6. The number of rotatable bonds is 5. The molecule has 1 aliphatic rings. The summed E-state index contributed by atoms with van der Waals surface area (Å²) in [6, 6.07) is 0. The number of amides is 1. The number of carbonyl (C=O) groups excluding carboxylic acids is 1. The topological polar surface area (TPSA) is 137 Å². The van der Waals surface area contributed by atoms with Gasteiger partial charge >= 0.3 is 0 Å². The van der Waals surface area contributed by atoms with Crippen LogP contribution in [0.1, 0.15) is 55.2 Å². The number of nitrogen functional groups attached to an aromatic ring is 1. The first kappa shape index (κ1) is 16.7. The second-order valence-corrected chi connectivity index (χ2v) is 5.98. The van der Waals surface area contributed by atoms with Crippen molar-refractivity contribution in [2.24, 2.45) is 0 Å². The number of nitrogens with zero attached hydrogens (tertiary/aromatic N) is 5. The lowest BCUT2D eigenvalue weighted by Gasteiger charge is -2.11. The van der Waals surface area contributed by atoms with Gasteiger partial charge in [-0.1, -0.05) is 31.2 Å². The Morgan fingerprint density at radius 2 is 2.24 bits per heavy atom. The van der Waals surface area contributed by atoms with Crippen LogP contribution in [-0.2, 0) is 0 Å². The van der Waals surface area contributed by atoms with Crippen molar-refractivity contribution in [1.29, 1.82) is 0 Å². The Balaban J connectivity index is 1.77. The molecule has 0 atom stereocenters. The van der Waals surface area contributed by atoms with Gasteiger partial charge in [0.05, 0.1) is 5.69 Å². The van der Waals surface area contributed by atoms with Crippen molar-refractivity contribution in [3.8, 4) is 5.82 Å². The minimum Gasteiger partial charge on any atom is -0.378 e. The fourth-order valence-corrected chi connectivity index (χ4v) is 2.58. The van der Waals surface area contributed by atoms with E-state index in [0.717, 1.165) is 19.3 Å². The number of hydrogen-bond donors (Lipinski definition) is 3. The molecule has 2 aromatic heterocycles. The van der Waals surface area contributed by atoms with Crippen molar-refractivity contribution in [2.45, 2.75) is 39.0 Å². The number of allylic oxidation sites excluding steroid dienone is 3. The van der Waals surface area contributed by atoms with Crippen LogP contribution in [0.3, 0.4) is 0 Å². The lowest BCUT2D eigenvalue weighted by molar-refractivity contribution is 0.0934. The molecule has 2 aromatic rings. The smallest absolute Gasteiger partial charge is 0.292 e. The third kappa shape index (κ3) is 3.52. The average Bonchev–Trinajstić information content (AvgIpc) is 3.21. The fourth-order valence-electron chi connectivity index (χ4n) is 2.58. The minimum absolute atomic E-state index is 0.0475. The maximum absolute atomic E-state index is 12.5.